The molecule has 0 fully saturated rings. The van der Waals surface area contributed by atoms with Gasteiger partial charge in [0, 0.05) is 5.56 Å². The summed E-state index contributed by atoms with van der Waals surface area (Å²) in [7, 11) is 0. The normalized spacial score (nSPS) is 12.1. The number of nitrogen functional groups attached to an aromatic ring is 1. The minimum atomic E-state index is 0.125. The van der Waals surface area contributed by atoms with Gasteiger partial charge in [0.25, 0.3) is 0 Å². The lowest BCUT2D eigenvalue weighted by atomic mass is 10.0. The number of benzene rings is 3. The summed E-state index contributed by atoms with van der Waals surface area (Å²) in [5.74, 6) is 0.425. The molecule has 0 radical (unpaired) electrons. The van der Waals surface area contributed by atoms with Crippen molar-refractivity contribution < 1.29 is 14.7 Å². The average Bonchev–Trinajstić information content (AvgIpc) is 2.94. The molecule has 5 heteroatoms. The van der Waals surface area contributed by atoms with Crippen LogP contribution >= 0.6 is 0 Å². The molecule has 0 saturated carbocycles. The number of phenols is 1. The van der Waals surface area contributed by atoms with E-state index in [0.717, 1.165) is 16.2 Å². The summed E-state index contributed by atoms with van der Waals surface area (Å²) in [5.41, 5.74) is 8.16. The van der Waals surface area contributed by atoms with Crippen LogP contribution in [-0.4, -0.2) is 16.0 Å². The molecule has 4 aromatic rings. The summed E-state index contributed by atoms with van der Waals surface area (Å²) in [5, 5.41) is 25.1. The lowest BCUT2D eigenvalue weighted by Gasteiger charge is -2.03. The number of hydrogen-bond acceptors (Lipinski definition) is 5. The van der Waals surface area contributed by atoms with Crippen LogP contribution < -0.4 is 5.73 Å². The highest BCUT2D eigenvalue weighted by atomic mass is 16.4. The topological polar surface area (TPSA) is 92.0 Å². The van der Waals surface area contributed by atoms with Crippen LogP contribution in [0.4, 0.5) is 5.69 Å². The molecule has 0 aliphatic rings. The molecule has 0 amide bonds. The van der Waals surface area contributed by atoms with E-state index in [2.05, 4.69) is 5.16 Å². The Morgan fingerprint density at radius 2 is 1.71 bits per heavy atom. The summed E-state index contributed by atoms with van der Waals surface area (Å²) in [6, 6.07) is 18.0. The second-order valence-electron chi connectivity index (χ2n) is 5.50. The zero-order valence-corrected chi connectivity index (χ0v) is 12.6. The van der Waals surface area contributed by atoms with Gasteiger partial charge in [0.2, 0.25) is 0 Å². The zero-order chi connectivity index (χ0) is 16.7. The van der Waals surface area contributed by atoms with Gasteiger partial charge in [-0.25, -0.2) is 0 Å². The van der Waals surface area contributed by atoms with E-state index in [0.29, 0.717) is 22.6 Å². The van der Waals surface area contributed by atoms with Crippen LogP contribution in [0.3, 0.4) is 0 Å². The molecule has 4 rings (SSSR count). The van der Waals surface area contributed by atoms with Crippen molar-refractivity contribution in [3.63, 3.8) is 0 Å². The summed E-state index contributed by atoms with van der Waals surface area (Å²) in [6.07, 6.45) is 0. The van der Waals surface area contributed by atoms with Gasteiger partial charge in [0.1, 0.15) is 11.3 Å². The minimum absolute atomic E-state index is 0.125. The first-order chi connectivity index (χ1) is 11.7. The van der Waals surface area contributed by atoms with E-state index in [-0.39, 0.29) is 11.5 Å². The molecule has 1 heterocycles. The Balaban J connectivity index is 1.98. The molecule has 118 valence electrons. The maximum absolute atomic E-state index is 9.47. The highest BCUT2D eigenvalue weighted by Crippen LogP contribution is 2.35. The van der Waals surface area contributed by atoms with E-state index < -0.39 is 0 Å². The molecule has 0 spiro atoms. The zero-order valence-electron chi connectivity index (χ0n) is 12.6. The average molecular weight is 318 g/mol. The lowest BCUT2D eigenvalue weighted by molar-refractivity contribution is 0.318. The minimum Gasteiger partial charge on any atom is -0.508 e. The number of fused-ring (bicyclic) bond motifs is 3. The second-order valence-corrected chi connectivity index (χ2v) is 5.50. The van der Waals surface area contributed by atoms with E-state index in [1.54, 1.807) is 12.1 Å². The summed E-state index contributed by atoms with van der Waals surface area (Å²) >= 11 is 0. The van der Waals surface area contributed by atoms with Gasteiger partial charge in [0.05, 0.1) is 11.1 Å². The molecular formula is C19H14N2O3. The third kappa shape index (κ3) is 2.06. The SMILES string of the molecule is Nc1c(C(=NO)c2ccc(O)cc2)oc2ccc3ccccc3c12. The maximum Gasteiger partial charge on any atom is 0.180 e. The molecule has 0 bridgehead atoms. The Kier molecular flexibility index (Phi) is 3.13. The molecule has 0 atom stereocenters. The molecule has 5 nitrogen and oxygen atoms in total. The van der Waals surface area contributed by atoms with Gasteiger partial charge in [-0.1, -0.05) is 35.5 Å². The van der Waals surface area contributed by atoms with Gasteiger partial charge in [-0.3, -0.25) is 0 Å². The third-order valence-corrected chi connectivity index (χ3v) is 4.07. The first kappa shape index (κ1) is 14.1. The van der Waals surface area contributed by atoms with Gasteiger partial charge in [-0.15, -0.1) is 0 Å². The maximum atomic E-state index is 9.47. The van der Waals surface area contributed by atoms with Crippen molar-refractivity contribution in [2.24, 2.45) is 5.16 Å². The lowest BCUT2D eigenvalue weighted by Crippen LogP contribution is -2.04. The molecule has 0 saturated heterocycles. The molecule has 0 aliphatic carbocycles. The van der Waals surface area contributed by atoms with E-state index in [4.69, 9.17) is 10.2 Å². The first-order valence-electron chi connectivity index (χ1n) is 7.40. The summed E-state index contributed by atoms with van der Waals surface area (Å²) < 4.78 is 5.87. The fourth-order valence-electron chi connectivity index (χ4n) is 2.92. The number of furan rings is 1. The van der Waals surface area contributed by atoms with Crippen LogP contribution in [0.2, 0.25) is 0 Å². The van der Waals surface area contributed by atoms with E-state index in [1.165, 1.54) is 12.1 Å². The standard InChI is InChI=1S/C19H14N2O3/c20-17-16-14-4-2-1-3-11(14)7-10-15(16)24-19(17)18(21-23)12-5-8-13(22)9-6-12/h1-10,22-23H,20H2. The van der Waals surface area contributed by atoms with Gasteiger partial charge in [-0.2, -0.15) is 0 Å². The molecule has 3 aromatic carbocycles. The highest BCUT2D eigenvalue weighted by Gasteiger charge is 2.20. The van der Waals surface area contributed by atoms with Crippen molar-refractivity contribution in [3.8, 4) is 5.75 Å². The summed E-state index contributed by atoms with van der Waals surface area (Å²) in [6.45, 7) is 0. The van der Waals surface area contributed by atoms with Crippen LogP contribution in [0.1, 0.15) is 11.3 Å². The Labute approximate surface area is 137 Å². The Bertz CT molecular complexity index is 1080. The van der Waals surface area contributed by atoms with Crippen molar-refractivity contribution in [3.05, 3.63) is 72.0 Å². The predicted molar refractivity (Wildman–Crippen MR) is 93.7 cm³/mol. The molecule has 24 heavy (non-hydrogen) atoms. The van der Waals surface area contributed by atoms with Crippen LogP contribution in [0.5, 0.6) is 5.75 Å². The van der Waals surface area contributed by atoms with E-state index >= 15 is 0 Å². The van der Waals surface area contributed by atoms with Crippen LogP contribution in [0, 0.1) is 0 Å². The number of anilines is 1. The highest BCUT2D eigenvalue weighted by molar-refractivity contribution is 6.21. The fraction of sp³-hybridized carbons (Fsp3) is 0. The van der Waals surface area contributed by atoms with Gasteiger partial charge in [-0.05, 0) is 41.1 Å². The van der Waals surface area contributed by atoms with Crippen molar-refractivity contribution >= 4 is 33.1 Å². The van der Waals surface area contributed by atoms with Gasteiger partial charge >= 0.3 is 0 Å². The van der Waals surface area contributed by atoms with Crippen molar-refractivity contribution in [2.45, 2.75) is 0 Å². The molecular weight excluding hydrogens is 304 g/mol. The Morgan fingerprint density at radius 3 is 2.46 bits per heavy atom. The van der Waals surface area contributed by atoms with Gasteiger partial charge < -0.3 is 20.5 Å². The number of rotatable bonds is 2. The largest absolute Gasteiger partial charge is 0.508 e. The van der Waals surface area contributed by atoms with Crippen LogP contribution in [0.15, 0.2) is 70.2 Å². The smallest absolute Gasteiger partial charge is 0.180 e. The number of oxime groups is 1. The number of hydrogen-bond donors (Lipinski definition) is 3. The quantitative estimate of drug-likeness (QED) is 0.295. The molecule has 1 aromatic heterocycles. The first-order valence-corrected chi connectivity index (χ1v) is 7.40. The monoisotopic (exact) mass is 318 g/mol. The predicted octanol–water partition coefficient (Wildman–Crippen LogP) is 4.10. The second kappa shape index (κ2) is 5.31. The molecule has 4 N–H and O–H groups in total. The fourth-order valence-corrected chi connectivity index (χ4v) is 2.92. The van der Waals surface area contributed by atoms with E-state index in [1.807, 2.05) is 36.4 Å². The third-order valence-electron chi connectivity index (χ3n) is 4.07. The Morgan fingerprint density at radius 1 is 0.958 bits per heavy atom. The molecule has 0 unspecified atom stereocenters. The van der Waals surface area contributed by atoms with Crippen molar-refractivity contribution in [1.82, 2.24) is 0 Å². The van der Waals surface area contributed by atoms with Crippen molar-refractivity contribution in [1.29, 1.82) is 0 Å². The van der Waals surface area contributed by atoms with E-state index in [9.17, 15) is 10.3 Å². The van der Waals surface area contributed by atoms with Crippen LogP contribution in [-0.2, 0) is 0 Å². The number of phenolic OH excluding ortho intramolecular Hbond substituents is 1. The number of nitrogens with two attached hydrogens (primary N) is 1. The number of nitrogens with zero attached hydrogens (tertiary/aromatic N) is 1. The summed E-state index contributed by atoms with van der Waals surface area (Å²) in [4.78, 5) is 0. The van der Waals surface area contributed by atoms with Crippen molar-refractivity contribution in [2.75, 3.05) is 5.73 Å². The van der Waals surface area contributed by atoms with Crippen LogP contribution in [0.25, 0.3) is 21.7 Å². The van der Waals surface area contributed by atoms with Gasteiger partial charge in [0.15, 0.2) is 11.5 Å². The molecule has 0 aliphatic heterocycles. The number of aromatic hydroxyl groups is 1. The Hall–Kier alpha value is -3.47.